The van der Waals surface area contributed by atoms with Crippen LogP contribution in [0.5, 0.6) is 0 Å². The molecular formula is C9H17N3O2. The number of nitrogens with zero attached hydrogens (tertiary/aromatic N) is 3. The lowest BCUT2D eigenvalue weighted by Gasteiger charge is -2.08. The van der Waals surface area contributed by atoms with E-state index in [1.165, 1.54) is 12.8 Å². The van der Waals surface area contributed by atoms with Crippen molar-refractivity contribution in [3.05, 3.63) is 10.4 Å². The zero-order valence-corrected chi connectivity index (χ0v) is 8.39. The first-order valence-corrected chi connectivity index (χ1v) is 5.13. The average molecular weight is 199 g/mol. The van der Waals surface area contributed by atoms with Crippen molar-refractivity contribution >= 4 is 0 Å². The lowest BCUT2D eigenvalue weighted by atomic mass is 10.1. The van der Waals surface area contributed by atoms with E-state index in [4.69, 9.17) is 15.0 Å². The van der Waals surface area contributed by atoms with Gasteiger partial charge in [-0.1, -0.05) is 5.11 Å². The molecule has 5 heteroatoms. The van der Waals surface area contributed by atoms with Crippen molar-refractivity contribution in [2.75, 3.05) is 19.9 Å². The van der Waals surface area contributed by atoms with Gasteiger partial charge in [-0.3, -0.25) is 0 Å². The summed E-state index contributed by atoms with van der Waals surface area (Å²) in [6.45, 7) is 1.75. The minimum absolute atomic E-state index is 0.149. The molecule has 0 radical (unpaired) electrons. The molecule has 0 N–H and O–H groups in total. The van der Waals surface area contributed by atoms with Crippen molar-refractivity contribution in [2.24, 2.45) is 5.11 Å². The van der Waals surface area contributed by atoms with Gasteiger partial charge in [0.05, 0.1) is 6.10 Å². The summed E-state index contributed by atoms with van der Waals surface area (Å²) in [5, 5.41) is 3.28. The molecule has 0 saturated carbocycles. The summed E-state index contributed by atoms with van der Waals surface area (Å²) in [6, 6.07) is 0. The lowest BCUT2D eigenvalue weighted by molar-refractivity contribution is 0.0948. The summed E-state index contributed by atoms with van der Waals surface area (Å²) in [7, 11) is 0. The lowest BCUT2D eigenvalue weighted by Crippen LogP contribution is -2.05. The van der Waals surface area contributed by atoms with Gasteiger partial charge in [-0.2, -0.15) is 0 Å². The van der Waals surface area contributed by atoms with E-state index in [0.29, 0.717) is 12.7 Å². The number of hydrogen-bond acceptors (Lipinski definition) is 3. The van der Waals surface area contributed by atoms with Crippen LogP contribution in [-0.4, -0.2) is 26.0 Å². The predicted molar refractivity (Wildman–Crippen MR) is 52.8 cm³/mol. The zero-order valence-electron chi connectivity index (χ0n) is 8.39. The summed E-state index contributed by atoms with van der Waals surface area (Å²) in [5.74, 6) is 0. The first-order chi connectivity index (χ1) is 6.93. The van der Waals surface area contributed by atoms with Gasteiger partial charge in [-0.05, 0) is 37.6 Å². The number of rotatable bonds is 7. The smallest absolute Gasteiger partial charge is 0.125 e. The van der Waals surface area contributed by atoms with Crippen molar-refractivity contribution in [2.45, 2.75) is 38.2 Å². The molecule has 1 fully saturated rings. The van der Waals surface area contributed by atoms with E-state index in [1.807, 2.05) is 0 Å². The molecule has 1 unspecified atom stereocenters. The van der Waals surface area contributed by atoms with Crippen LogP contribution in [0, 0.1) is 0 Å². The Hall–Kier alpha value is -0.770. The normalized spacial score (nSPS) is 20.7. The van der Waals surface area contributed by atoms with Crippen LogP contribution in [0.15, 0.2) is 5.11 Å². The molecule has 0 aromatic rings. The van der Waals surface area contributed by atoms with Gasteiger partial charge in [0.2, 0.25) is 0 Å². The van der Waals surface area contributed by atoms with E-state index in [-0.39, 0.29) is 6.73 Å². The minimum atomic E-state index is 0.149. The van der Waals surface area contributed by atoms with Gasteiger partial charge in [0.1, 0.15) is 6.73 Å². The fraction of sp³-hybridized carbons (Fsp3) is 1.00. The van der Waals surface area contributed by atoms with Gasteiger partial charge in [0.25, 0.3) is 0 Å². The Morgan fingerprint density at radius 2 is 2.43 bits per heavy atom. The molecule has 0 aromatic carbocycles. The maximum Gasteiger partial charge on any atom is 0.125 e. The first-order valence-electron chi connectivity index (χ1n) is 5.13. The molecule has 5 nitrogen and oxygen atoms in total. The molecule has 1 atom stereocenters. The Bertz CT molecular complexity index is 186. The van der Waals surface area contributed by atoms with Crippen molar-refractivity contribution in [1.29, 1.82) is 0 Å². The van der Waals surface area contributed by atoms with E-state index in [9.17, 15) is 0 Å². The SMILES string of the molecule is [N-]=[N+]=NCOCCCCC1CCCO1. The molecule has 1 saturated heterocycles. The minimum Gasteiger partial charge on any atom is -0.378 e. The summed E-state index contributed by atoms with van der Waals surface area (Å²) in [4.78, 5) is 2.60. The monoisotopic (exact) mass is 199 g/mol. The molecule has 1 aliphatic heterocycles. The molecule has 1 heterocycles. The van der Waals surface area contributed by atoms with Gasteiger partial charge in [0.15, 0.2) is 0 Å². The van der Waals surface area contributed by atoms with E-state index >= 15 is 0 Å². The van der Waals surface area contributed by atoms with E-state index in [0.717, 1.165) is 25.9 Å². The summed E-state index contributed by atoms with van der Waals surface area (Å²) in [5.41, 5.74) is 7.97. The Morgan fingerprint density at radius 3 is 3.14 bits per heavy atom. The largest absolute Gasteiger partial charge is 0.378 e. The summed E-state index contributed by atoms with van der Waals surface area (Å²) < 4.78 is 10.6. The van der Waals surface area contributed by atoms with Crippen molar-refractivity contribution in [3.63, 3.8) is 0 Å². The van der Waals surface area contributed by atoms with E-state index in [2.05, 4.69) is 10.0 Å². The second-order valence-corrected chi connectivity index (χ2v) is 3.40. The second-order valence-electron chi connectivity index (χ2n) is 3.40. The highest BCUT2D eigenvalue weighted by Gasteiger charge is 2.14. The number of azide groups is 1. The van der Waals surface area contributed by atoms with Crippen LogP contribution < -0.4 is 0 Å². The molecule has 0 aliphatic carbocycles. The van der Waals surface area contributed by atoms with Crippen molar-refractivity contribution in [1.82, 2.24) is 0 Å². The molecular weight excluding hydrogens is 182 g/mol. The standard InChI is InChI=1S/C9H17N3O2/c10-12-11-8-13-6-2-1-4-9-5-3-7-14-9/h9H,1-8H2. The quantitative estimate of drug-likeness (QED) is 0.274. The third-order valence-electron chi connectivity index (χ3n) is 2.30. The fourth-order valence-electron chi connectivity index (χ4n) is 1.58. The van der Waals surface area contributed by atoms with Gasteiger partial charge in [-0.15, -0.1) is 0 Å². The van der Waals surface area contributed by atoms with Crippen LogP contribution in [0.3, 0.4) is 0 Å². The number of hydrogen-bond donors (Lipinski definition) is 0. The molecule has 0 amide bonds. The predicted octanol–water partition coefficient (Wildman–Crippen LogP) is 2.62. The highest BCUT2D eigenvalue weighted by atomic mass is 16.5. The zero-order chi connectivity index (χ0) is 10.1. The number of ether oxygens (including phenoxy) is 2. The van der Waals surface area contributed by atoms with Crippen LogP contribution in [0.25, 0.3) is 10.4 Å². The van der Waals surface area contributed by atoms with Gasteiger partial charge in [0, 0.05) is 18.1 Å². The van der Waals surface area contributed by atoms with Crippen LogP contribution >= 0.6 is 0 Å². The Morgan fingerprint density at radius 1 is 1.50 bits per heavy atom. The third kappa shape index (κ3) is 5.07. The molecule has 1 rings (SSSR count). The van der Waals surface area contributed by atoms with E-state index in [1.54, 1.807) is 0 Å². The molecule has 80 valence electrons. The molecule has 0 spiro atoms. The fourth-order valence-corrected chi connectivity index (χ4v) is 1.58. The Kier molecular flexibility index (Phi) is 6.15. The van der Waals surface area contributed by atoms with Crippen LogP contribution in [0.1, 0.15) is 32.1 Å². The third-order valence-corrected chi connectivity index (χ3v) is 2.30. The Balaban J connectivity index is 1.81. The summed E-state index contributed by atoms with van der Waals surface area (Å²) >= 11 is 0. The van der Waals surface area contributed by atoms with E-state index < -0.39 is 0 Å². The van der Waals surface area contributed by atoms with Crippen LogP contribution in [0.4, 0.5) is 0 Å². The molecule has 14 heavy (non-hydrogen) atoms. The summed E-state index contributed by atoms with van der Waals surface area (Å²) in [6.07, 6.45) is 6.16. The van der Waals surface area contributed by atoms with Gasteiger partial charge >= 0.3 is 0 Å². The van der Waals surface area contributed by atoms with Gasteiger partial charge in [-0.25, -0.2) is 0 Å². The second kappa shape index (κ2) is 7.62. The first kappa shape index (κ1) is 11.3. The number of unbranched alkanes of at least 4 members (excludes halogenated alkanes) is 1. The maximum absolute atomic E-state index is 7.97. The Labute approximate surface area is 84.0 Å². The maximum atomic E-state index is 7.97. The molecule has 0 aromatic heterocycles. The molecule has 1 aliphatic rings. The highest BCUT2D eigenvalue weighted by Crippen LogP contribution is 2.17. The van der Waals surface area contributed by atoms with Crippen molar-refractivity contribution < 1.29 is 9.47 Å². The topological polar surface area (TPSA) is 67.2 Å². The van der Waals surface area contributed by atoms with Crippen molar-refractivity contribution in [3.8, 4) is 0 Å². The van der Waals surface area contributed by atoms with Crippen LogP contribution in [0.2, 0.25) is 0 Å². The van der Waals surface area contributed by atoms with Crippen LogP contribution in [-0.2, 0) is 9.47 Å². The molecule has 0 bridgehead atoms. The van der Waals surface area contributed by atoms with Gasteiger partial charge < -0.3 is 9.47 Å². The average Bonchev–Trinajstić information content (AvgIpc) is 2.69. The highest BCUT2D eigenvalue weighted by molar-refractivity contribution is 4.64.